The average Bonchev–Trinajstić information content (AvgIpc) is 2.68. The van der Waals surface area contributed by atoms with Gasteiger partial charge >= 0.3 is 0 Å². The Morgan fingerprint density at radius 2 is 1.70 bits per heavy atom. The monoisotopic (exact) mass is 378 g/mol. The molecule has 1 aromatic heterocycles. The minimum atomic E-state index is 0.273. The van der Waals surface area contributed by atoms with E-state index in [0.717, 1.165) is 11.1 Å². The Kier molecular flexibility index (Phi) is 7.90. The van der Waals surface area contributed by atoms with Crippen molar-refractivity contribution in [1.29, 1.82) is 0 Å². The van der Waals surface area contributed by atoms with Crippen LogP contribution < -0.4 is 25.3 Å². The molecule has 27 heavy (non-hydrogen) atoms. The Morgan fingerprint density at radius 3 is 2.26 bits per heavy atom. The number of nitrogens with zero attached hydrogens (tertiary/aromatic N) is 2. The molecule has 1 heterocycles. The third-order valence-corrected chi connectivity index (χ3v) is 3.78. The number of hydrogen-bond donors (Lipinski definition) is 2. The molecule has 0 radical (unpaired) electrons. The number of nitrogen functional groups attached to an aromatic ring is 1. The van der Waals surface area contributed by atoms with Crippen LogP contribution in [0, 0.1) is 0 Å². The third kappa shape index (κ3) is 5.60. The van der Waals surface area contributed by atoms with E-state index in [-0.39, 0.29) is 6.73 Å². The van der Waals surface area contributed by atoms with Crippen molar-refractivity contribution in [3.05, 3.63) is 29.5 Å². The van der Waals surface area contributed by atoms with Crippen LogP contribution in [-0.2, 0) is 15.9 Å². The molecule has 148 valence electrons. The van der Waals surface area contributed by atoms with E-state index >= 15 is 0 Å². The van der Waals surface area contributed by atoms with Gasteiger partial charge in [0.25, 0.3) is 0 Å². The van der Waals surface area contributed by atoms with E-state index in [4.69, 9.17) is 29.4 Å². The van der Waals surface area contributed by atoms with Gasteiger partial charge in [0.05, 0.1) is 34.5 Å². The molecule has 2 aromatic rings. The molecule has 0 amide bonds. The van der Waals surface area contributed by atoms with Gasteiger partial charge in [-0.25, -0.2) is 4.98 Å². The molecule has 0 aliphatic rings. The number of ether oxygens (including phenoxy) is 5. The van der Waals surface area contributed by atoms with Gasteiger partial charge in [-0.05, 0) is 17.7 Å². The van der Waals surface area contributed by atoms with Gasteiger partial charge in [0, 0.05) is 25.3 Å². The highest BCUT2D eigenvalue weighted by molar-refractivity contribution is 5.55. The van der Waals surface area contributed by atoms with E-state index in [1.54, 1.807) is 34.6 Å². The Bertz CT molecular complexity index is 717. The van der Waals surface area contributed by atoms with Crippen molar-refractivity contribution in [2.45, 2.75) is 6.42 Å². The molecular formula is C18H26N4O5. The summed E-state index contributed by atoms with van der Waals surface area (Å²) >= 11 is 0. The first kappa shape index (κ1) is 20.5. The van der Waals surface area contributed by atoms with Crippen molar-refractivity contribution < 1.29 is 23.7 Å². The summed E-state index contributed by atoms with van der Waals surface area (Å²) in [5, 5.41) is 2.95. The summed E-state index contributed by atoms with van der Waals surface area (Å²) in [5.41, 5.74) is 7.80. The van der Waals surface area contributed by atoms with Crippen LogP contribution in [0.25, 0.3) is 0 Å². The maximum Gasteiger partial charge on any atom is 0.226 e. The maximum atomic E-state index is 6.08. The van der Waals surface area contributed by atoms with Gasteiger partial charge in [-0.3, -0.25) is 0 Å². The number of anilines is 2. The Morgan fingerprint density at radius 1 is 1.00 bits per heavy atom. The van der Waals surface area contributed by atoms with Gasteiger partial charge in [0.1, 0.15) is 12.5 Å². The van der Waals surface area contributed by atoms with Crippen LogP contribution in [0.15, 0.2) is 18.3 Å². The number of hydrogen-bond acceptors (Lipinski definition) is 9. The molecule has 3 N–H and O–H groups in total. The minimum Gasteiger partial charge on any atom is -0.493 e. The van der Waals surface area contributed by atoms with Gasteiger partial charge in [-0.2, -0.15) is 4.98 Å². The van der Waals surface area contributed by atoms with Crippen LogP contribution in [0.4, 0.5) is 11.8 Å². The van der Waals surface area contributed by atoms with Gasteiger partial charge in [-0.15, -0.1) is 0 Å². The second kappa shape index (κ2) is 10.4. The standard InChI is InChI=1S/C18H26N4O5/c1-23-5-6-27-11-21-18-20-10-13(17(19)22-18)7-12-8-14(24-2)16(26-4)15(9-12)25-3/h8-10H,5-7,11H2,1-4H3,(H3,19,20,21,22). The Balaban J connectivity index is 2.09. The van der Waals surface area contributed by atoms with Crippen molar-refractivity contribution in [2.75, 3.05) is 59.4 Å². The quantitative estimate of drug-likeness (QED) is 0.446. The highest BCUT2D eigenvalue weighted by atomic mass is 16.5. The fourth-order valence-electron chi connectivity index (χ4n) is 2.43. The molecule has 2 rings (SSSR count). The van der Waals surface area contributed by atoms with Crippen LogP contribution in [0.5, 0.6) is 17.2 Å². The second-order valence-electron chi connectivity index (χ2n) is 5.54. The van der Waals surface area contributed by atoms with Crippen molar-refractivity contribution >= 4 is 11.8 Å². The molecule has 0 fully saturated rings. The number of nitrogens with one attached hydrogen (secondary N) is 1. The summed E-state index contributed by atoms with van der Waals surface area (Å²) < 4.78 is 26.3. The molecule has 0 aliphatic heterocycles. The van der Waals surface area contributed by atoms with Crippen molar-refractivity contribution in [1.82, 2.24) is 9.97 Å². The van der Waals surface area contributed by atoms with Crippen LogP contribution >= 0.6 is 0 Å². The summed E-state index contributed by atoms with van der Waals surface area (Å²) in [7, 11) is 6.34. The van der Waals surface area contributed by atoms with Crippen molar-refractivity contribution in [3.63, 3.8) is 0 Å². The molecule has 0 saturated heterocycles. The van der Waals surface area contributed by atoms with Crippen LogP contribution in [0.3, 0.4) is 0 Å². The Labute approximate surface area is 158 Å². The van der Waals surface area contributed by atoms with Crippen LogP contribution in [0.1, 0.15) is 11.1 Å². The van der Waals surface area contributed by atoms with Gasteiger partial charge in [0.2, 0.25) is 11.7 Å². The number of rotatable bonds is 11. The van der Waals surface area contributed by atoms with E-state index in [9.17, 15) is 0 Å². The SMILES string of the molecule is COCCOCNc1ncc(Cc2cc(OC)c(OC)c(OC)c2)c(N)n1. The number of aromatic nitrogens is 2. The molecule has 0 unspecified atom stereocenters. The minimum absolute atomic E-state index is 0.273. The molecule has 0 spiro atoms. The highest BCUT2D eigenvalue weighted by Gasteiger charge is 2.14. The smallest absolute Gasteiger partial charge is 0.226 e. The average molecular weight is 378 g/mol. The lowest BCUT2D eigenvalue weighted by Crippen LogP contribution is -2.13. The maximum absolute atomic E-state index is 6.08. The second-order valence-corrected chi connectivity index (χ2v) is 5.54. The molecule has 0 saturated carbocycles. The predicted octanol–water partition coefficient (Wildman–Crippen LogP) is 1.71. The zero-order valence-corrected chi connectivity index (χ0v) is 16.1. The summed E-state index contributed by atoms with van der Waals surface area (Å²) in [6.07, 6.45) is 2.20. The van der Waals surface area contributed by atoms with Gasteiger partial charge < -0.3 is 34.7 Å². The third-order valence-electron chi connectivity index (χ3n) is 3.78. The first-order chi connectivity index (χ1) is 13.1. The zero-order chi connectivity index (χ0) is 19.6. The van der Waals surface area contributed by atoms with Crippen LogP contribution in [-0.4, -0.2) is 58.4 Å². The van der Waals surface area contributed by atoms with Crippen molar-refractivity contribution in [3.8, 4) is 17.2 Å². The van der Waals surface area contributed by atoms with E-state index in [2.05, 4.69) is 15.3 Å². The molecule has 0 aliphatic carbocycles. The van der Waals surface area contributed by atoms with E-state index in [1.165, 1.54) is 0 Å². The first-order valence-corrected chi connectivity index (χ1v) is 8.33. The lowest BCUT2D eigenvalue weighted by atomic mass is 10.1. The summed E-state index contributed by atoms with van der Waals surface area (Å²) in [4.78, 5) is 8.53. The van der Waals surface area contributed by atoms with Crippen LogP contribution in [0.2, 0.25) is 0 Å². The summed E-state index contributed by atoms with van der Waals surface area (Å²) in [6, 6.07) is 3.74. The molecule has 0 atom stereocenters. The lowest BCUT2D eigenvalue weighted by molar-refractivity contribution is 0.0799. The lowest BCUT2D eigenvalue weighted by Gasteiger charge is -2.14. The molecule has 9 heteroatoms. The van der Waals surface area contributed by atoms with E-state index in [0.29, 0.717) is 48.6 Å². The first-order valence-electron chi connectivity index (χ1n) is 8.33. The summed E-state index contributed by atoms with van der Waals surface area (Å²) in [6.45, 7) is 1.28. The van der Waals surface area contributed by atoms with E-state index in [1.807, 2.05) is 12.1 Å². The zero-order valence-electron chi connectivity index (χ0n) is 16.1. The number of nitrogens with two attached hydrogens (primary N) is 1. The number of methoxy groups -OCH3 is 4. The molecule has 1 aromatic carbocycles. The van der Waals surface area contributed by atoms with Gasteiger partial charge in [0.15, 0.2) is 11.5 Å². The predicted molar refractivity (Wildman–Crippen MR) is 102 cm³/mol. The fraction of sp³-hybridized carbons (Fsp3) is 0.444. The fourth-order valence-corrected chi connectivity index (χ4v) is 2.43. The molecule has 9 nitrogen and oxygen atoms in total. The molecule has 0 bridgehead atoms. The summed E-state index contributed by atoms with van der Waals surface area (Å²) in [5.74, 6) is 2.49. The van der Waals surface area contributed by atoms with E-state index < -0.39 is 0 Å². The Hall–Kier alpha value is -2.78. The van der Waals surface area contributed by atoms with Gasteiger partial charge in [-0.1, -0.05) is 0 Å². The highest BCUT2D eigenvalue weighted by Crippen LogP contribution is 2.38. The number of benzene rings is 1. The van der Waals surface area contributed by atoms with Crippen molar-refractivity contribution in [2.24, 2.45) is 0 Å². The largest absolute Gasteiger partial charge is 0.493 e. The molecular weight excluding hydrogens is 352 g/mol. The topological polar surface area (TPSA) is 110 Å². The normalized spacial score (nSPS) is 10.5.